The Morgan fingerprint density at radius 3 is 2.37 bits per heavy atom. The number of halogens is 2. The highest BCUT2D eigenvalue weighted by molar-refractivity contribution is 5.92. The van der Waals surface area contributed by atoms with E-state index in [1.165, 1.54) is 17.0 Å². The lowest BCUT2D eigenvalue weighted by atomic mass is 9.89. The van der Waals surface area contributed by atoms with Crippen molar-refractivity contribution in [2.75, 3.05) is 18.0 Å². The maximum atomic E-state index is 14.2. The van der Waals surface area contributed by atoms with Crippen LogP contribution in [0.25, 0.3) is 0 Å². The van der Waals surface area contributed by atoms with Crippen LogP contribution < -0.4 is 4.90 Å². The number of allylic oxidation sites excluding steroid dienone is 3. The summed E-state index contributed by atoms with van der Waals surface area (Å²) in [4.78, 5) is 29.8. The molecule has 5 nitrogen and oxygen atoms in total. The number of likely N-dealkylation sites (tertiary alicyclic amines) is 1. The van der Waals surface area contributed by atoms with E-state index >= 15 is 0 Å². The van der Waals surface area contributed by atoms with Crippen molar-refractivity contribution in [3.63, 3.8) is 0 Å². The molecule has 204 valence electrons. The van der Waals surface area contributed by atoms with Crippen molar-refractivity contribution < 1.29 is 23.5 Å². The highest BCUT2D eigenvalue weighted by atomic mass is 19.2. The molecule has 4 rings (SSSR count). The average molecular weight is 525 g/mol. The summed E-state index contributed by atoms with van der Waals surface area (Å²) in [5.41, 5.74) is 2.89. The number of hydrogen-bond donors (Lipinski definition) is 1. The number of carbonyl (C=O) groups is 2. The molecule has 2 aliphatic rings. The molecule has 3 unspecified atom stereocenters. The van der Waals surface area contributed by atoms with Gasteiger partial charge < -0.3 is 14.9 Å². The van der Waals surface area contributed by atoms with E-state index in [9.17, 15) is 23.5 Å². The van der Waals surface area contributed by atoms with E-state index in [2.05, 4.69) is 0 Å². The molecule has 3 atom stereocenters. The molecule has 0 aliphatic carbocycles. The number of fused-ring (bicyclic) bond motifs is 1. The fourth-order valence-corrected chi connectivity index (χ4v) is 5.50. The standard InChI is InChI=1S/C29H32F2N2O3.C2H6/c1-3-10-19(4-2)27(20-11-6-5-7-12-20)28(34)33-18-22(16-26(33)29(35)36)32-14-9-8-13-21-15-23(30)24(31)17-25(21)32;1-2/h3-7,10-12,15,17,22,26-27H,8-9,13-14,16,18H2,1-2H3,(H,35,36);1-2H3/b10-3-,19-4+;. The number of hydrogen-bond acceptors (Lipinski definition) is 3. The minimum Gasteiger partial charge on any atom is -0.480 e. The molecule has 1 saturated heterocycles. The van der Waals surface area contributed by atoms with Gasteiger partial charge in [-0.2, -0.15) is 0 Å². The van der Waals surface area contributed by atoms with Gasteiger partial charge in [0, 0.05) is 37.3 Å². The number of carbonyl (C=O) groups excluding carboxylic acids is 1. The average Bonchev–Trinajstić information content (AvgIpc) is 3.28. The van der Waals surface area contributed by atoms with Crippen LogP contribution in [0.5, 0.6) is 0 Å². The summed E-state index contributed by atoms with van der Waals surface area (Å²) < 4.78 is 28.2. The first-order chi connectivity index (χ1) is 18.3. The van der Waals surface area contributed by atoms with Crippen LogP contribution >= 0.6 is 0 Å². The summed E-state index contributed by atoms with van der Waals surface area (Å²) >= 11 is 0. The van der Waals surface area contributed by atoms with Crippen molar-refractivity contribution in [3.8, 4) is 0 Å². The Morgan fingerprint density at radius 1 is 1.05 bits per heavy atom. The van der Waals surface area contributed by atoms with Crippen molar-refractivity contribution in [3.05, 3.63) is 89.0 Å². The molecular weight excluding hydrogens is 486 g/mol. The van der Waals surface area contributed by atoms with Crippen LogP contribution in [0.2, 0.25) is 0 Å². The second kappa shape index (κ2) is 13.4. The fraction of sp³-hybridized carbons (Fsp3) is 0.419. The number of amides is 1. The molecule has 0 radical (unpaired) electrons. The summed E-state index contributed by atoms with van der Waals surface area (Å²) in [6.45, 7) is 8.53. The van der Waals surface area contributed by atoms with Gasteiger partial charge in [0.2, 0.25) is 5.91 Å². The van der Waals surface area contributed by atoms with E-state index in [1.807, 2.05) is 81.2 Å². The van der Waals surface area contributed by atoms with Gasteiger partial charge in [-0.15, -0.1) is 0 Å². The van der Waals surface area contributed by atoms with Crippen LogP contribution in [-0.4, -0.2) is 47.1 Å². The third-order valence-corrected chi connectivity index (χ3v) is 7.22. The minimum atomic E-state index is -1.06. The van der Waals surface area contributed by atoms with Crippen LogP contribution in [-0.2, 0) is 16.0 Å². The maximum absolute atomic E-state index is 14.2. The first-order valence-electron chi connectivity index (χ1n) is 13.5. The lowest BCUT2D eigenvalue weighted by molar-refractivity contribution is -0.148. The van der Waals surface area contributed by atoms with E-state index in [1.54, 1.807) is 0 Å². The summed E-state index contributed by atoms with van der Waals surface area (Å²) in [5.74, 6) is -3.78. The number of carboxylic acid groups (broad SMARTS) is 1. The van der Waals surface area contributed by atoms with Gasteiger partial charge >= 0.3 is 5.97 Å². The number of aliphatic carboxylic acids is 1. The van der Waals surface area contributed by atoms with Gasteiger partial charge in [-0.05, 0) is 55.9 Å². The highest BCUT2D eigenvalue weighted by Crippen LogP contribution is 2.36. The van der Waals surface area contributed by atoms with Gasteiger partial charge in [0.05, 0.1) is 5.92 Å². The van der Waals surface area contributed by atoms with Gasteiger partial charge in [-0.3, -0.25) is 4.79 Å². The van der Waals surface area contributed by atoms with Crippen LogP contribution in [0, 0.1) is 11.6 Å². The van der Waals surface area contributed by atoms with Crippen LogP contribution in [0.1, 0.15) is 64.0 Å². The molecule has 1 N–H and O–H groups in total. The van der Waals surface area contributed by atoms with E-state index < -0.39 is 29.6 Å². The third-order valence-electron chi connectivity index (χ3n) is 7.22. The zero-order valence-corrected chi connectivity index (χ0v) is 22.7. The summed E-state index contributed by atoms with van der Waals surface area (Å²) in [7, 11) is 0. The second-order valence-corrected chi connectivity index (χ2v) is 9.41. The van der Waals surface area contributed by atoms with Gasteiger partial charge in [0.1, 0.15) is 6.04 Å². The third kappa shape index (κ3) is 6.14. The maximum Gasteiger partial charge on any atom is 0.326 e. The summed E-state index contributed by atoms with van der Waals surface area (Å²) in [6, 6.07) is 10.5. The van der Waals surface area contributed by atoms with E-state index in [0.29, 0.717) is 18.7 Å². The molecule has 7 heteroatoms. The molecular formula is C31H38F2N2O3. The van der Waals surface area contributed by atoms with E-state index in [4.69, 9.17) is 0 Å². The molecule has 0 spiro atoms. The lowest BCUT2D eigenvalue weighted by Crippen LogP contribution is -2.44. The highest BCUT2D eigenvalue weighted by Gasteiger charge is 2.44. The Hall–Kier alpha value is -3.48. The molecule has 0 bridgehead atoms. The van der Waals surface area contributed by atoms with Crippen molar-refractivity contribution in [2.24, 2.45) is 0 Å². The summed E-state index contributed by atoms with van der Waals surface area (Å²) in [6.07, 6.45) is 8.11. The van der Waals surface area contributed by atoms with Crippen molar-refractivity contribution in [2.45, 2.75) is 71.4 Å². The van der Waals surface area contributed by atoms with Gasteiger partial charge in [-0.1, -0.05) is 62.4 Å². The molecule has 2 aliphatic heterocycles. The fourth-order valence-electron chi connectivity index (χ4n) is 5.50. The molecule has 0 saturated carbocycles. The van der Waals surface area contributed by atoms with E-state index in [0.717, 1.165) is 29.5 Å². The predicted octanol–water partition coefficient (Wildman–Crippen LogP) is 6.49. The monoisotopic (exact) mass is 524 g/mol. The summed E-state index contributed by atoms with van der Waals surface area (Å²) in [5, 5.41) is 10.1. The normalized spacial score (nSPS) is 20.4. The SMILES string of the molecule is C/C=C\C(=C/C)C(C(=O)N1CC(N2CCCCc3cc(F)c(F)cc32)CC1C(=O)O)c1ccccc1.CC. The Balaban J connectivity index is 0.00000195. The number of anilines is 1. The van der Waals surface area contributed by atoms with Crippen molar-refractivity contribution >= 4 is 17.6 Å². The van der Waals surface area contributed by atoms with Gasteiger partial charge in [0.25, 0.3) is 0 Å². The molecule has 2 aromatic carbocycles. The van der Waals surface area contributed by atoms with Crippen molar-refractivity contribution in [1.29, 1.82) is 0 Å². The second-order valence-electron chi connectivity index (χ2n) is 9.41. The lowest BCUT2D eigenvalue weighted by Gasteiger charge is -2.32. The smallest absolute Gasteiger partial charge is 0.326 e. The number of rotatable bonds is 6. The molecule has 1 amide bonds. The molecule has 0 aromatic heterocycles. The predicted molar refractivity (Wildman–Crippen MR) is 147 cm³/mol. The van der Waals surface area contributed by atoms with Crippen LogP contribution in [0.3, 0.4) is 0 Å². The van der Waals surface area contributed by atoms with Crippen molar-refractivity contribution in [1.82, 2.24) is 4.90 Å². The zero-order chi connectivity index (χ0) is 27.8. The first kappa shape index (κ1) is 29.1. The van der Waals surface area contributed by atoms with Crippen LogP contribution in [0.15, 0.2) is 66.3 Å². The first-order valence-corrected chi connectivity index (χ1v) is 13.5. The van der Waals surface area contributed by atoms with E-state index in [-0.39, 0.29) is 24.9 Å². The minimum absolute atomic E-state index is 0.199. The molecule has 38 heavy (non-hydrogen) atoms. The Labute approximate surface area is 224 Å². The quantitative estimate of drug-likeness (QED) is 0.439. The molecule has 1 fully saturated rings. The Bertz CT molecular complexity index is 1180. The number of carboxylic acids is 1. The topological polar surface area (TPSA) is 60.9 Å². The Kier molecular flexibility index (Phi) is 10.2. The molecule has 2 heterocycles. The molecule has 2 aromatic rings. The van der Waals surface area contributed by atoms with Gasteiger partial charge in [-0.25, -0.2) is 13.6 Å². The largest absolute Gasteiger partial charge is 0.480 e. The Morgan fingerprint density at radius 2 is 1.74 bits per heavy atom. The van der Waals surface area contributed by atoms with Gasteiger partial charge in [0.15, 0.2) is 11.6 Å². The zero-order valence-electron chi connectivity index (χ0n) is 22.7. The number of nitrogens with zero attached hydrogens (tertiary/aromatic N) is 2. The number of benzene rings is 2. The van der Waals surface area contributed by atoms with Crippen LogP contribution in [0.4, 0.5) is 14.5 Å². The number of aryl methyl sites for hydroxylation is 1.